The molecule has 1 amide bonds. The highest BCUT2D eigenvalue weighted by atomic mass is 32.2. The first kappa shape index (κ1) is 18.2. The number of nitrogens with one attached hydrogen (secondary N) is 1. The topological polar surface area (TPSA) is 90.1 Å². The Bertz CT molecular complexity index is 849. The molecule has 0 spiro atoms. The van der Waals surface area contributed by atoms with E-state index in [9.17, 15) is 28.1 Å². The molecule has 26 heavy (non-hydrogen) atoms. The predicted molar refractivity (Wildman–Crippen MR) is 88.0 cm³/mol. The van der Waals surface area contributed by atoms with E-state index >= 15 is 0 Å². The number of aromatic nitrogens is 2. The molecule has 0 atom stereocenters. The molecule has 0 saturated heterocycles. The molecule has 1 aliphatic carbocycles. The van der Waals surface area contributed by atoms with Gasteiger partial charge in [0.1, 0.15) is 0 Å². The Morgan fingerprint density at radius 1 is 1.42 bits per heavy atom. The van der Waals surface area contributed by atoms with Crippen LogP contribution in [0.2, 0.25) is 0 Å². The van der Waals surface area contributed by atoms with Crippen molar-refractivity contribution >= 4 is 29.0 Å². The number of nitro benzene ring substituents is 1. The van der Waals surface area contributed by atoms with Crippen molar-refractivity contribution < 1.29 is 22.9 Å². The van der Waals surface area contributed by atoms with Gasteiger partial charge in [0.25, 0.3) is 5.69 Å². The number of benzene rings is 1. The van der Waals surface area contributed by atoms with Gasteiger partial charge in [-0.1, -0.05) is 11.8 Å². The van der Waals surface area contributed by atoms with E-state index in [1.165, 1.54) is 0 Å². The second-order valence-electron chi connectivity index (χ2n) is 5.67. The van der Waals surface area contributed by atoms with E-state index in [0.29, 0.717) is 17.3 Å². The number of non-ortho nitro benzene ring substituents is 1. The van der Waals surface area contributed by atoms with Gasteiger partial charge >= 0.3 is 6.18 Å². The molecule has 0 radical (unpaired) electrons. The Balaban J connectivity index is 1.70. The highest BCUT2D eigenvalue weighted by Crippen LogP contribution is 2.38. The van der Waals surface area contributed by atoms with E-state index in [2.05, 4.69) is 10.3 Å². The van der Waals surface area contributed by atoms with Gasteiger partial charge in [-0.05, 0) is 18.9 Å². The van der Waals surface area contributed by atoms with Crippen molar-refractivity contribution in [2.24, 2.45) is 0 Å². The molecule has 1 heterocycles. The molecule has 3 rings (SSSR count). The maximum absolute atomic E-state index is 13.1. The van der Waals surface area contributed by atoms with Crippen LogP contribution < -0.4 is 5.32 Å². The quantitative estimate of drug-likeness (QED) is 0.462. The third-order valence-corrected chi connectivity index (χ3v) is 4.68. The lowest BCUT2D eigenvalue weighted by molar-refractivity contribution is -0.385. The molecular formula is C15H13F3N4O3S. The zero-order chi connectivity index (χ0) is 18.9. The van der Waals surface area contributed by atoms with Crippen LogP contribution in [0.4, 0.5) is 24.5 Å². The van der Waals surface area contributed by atoms with Crippen LogP contribution in [0.15, 0.2) is 35.7 Å². The van der Waals surface area contributed by atoms with Crippen LogP contribution in [0, 0.1) is 10.1 Å². The maximum atomic E-state index is 13.1. The number of hydrogen-bond donors (Lipinski definition) is 1. The lowest BCUT2D eigenvalue weighted by Gasteiger charge is -2.13. The van der Waals surface area contributed by atoms with Crippen molar-refractivity contribution in [2.75, 3.05) is 11.1 Å². The average molecular weight is 386 g/mol. The first-order valence-corrected chi connectivity index (χ1v) is 8.55. The average Bonchev–Trinajstić information content (AvgIpc) is 3.30. The Morgan fingerprint density at radius 3 is 2.77 bits per heavy atom. The molecule has 1 N–H and O–H groups in total. The van der Waals surface area contributed by atoms with Gasteiger partial charge in [-0.15, -0.1) is 0 Å². The van der Waals surface area contributed by atoms with Crippen LogP contribution in [-0.2, 0) is 11.0 Å². The molecule has 1 aromatic carbocycles. The van der Waals surface area contributed by atoms with Crippen molar-refractivity contribution in [3.63, 3.8) is 0 Å². The summed E-state index contributed by atoms with van der Waals surface area (Å²) in [7, 11) is 0. The number of hydrogen-bond acceptors (Lipinski definition) is 5. The van der Waals surface area contributed by atoms with Crippen LogP contribution in [0.1, 0.15) is 24.4 Å². The number of amides is 1. The molecule has 2 aromatic rings. The van der Waals surface area contributed by atoms with Gasteiger partial charge in [0.15, 0.2) is 5.16 Å². The Labute approximate surface area is 149 Å². The monoisotopic (exact) mass is 386 g/mol. The van der Waals surface area contributed by atoms with Crippen LogP contribution in [0.25, 0.3) is 0 Å². The molecular weight excluding hydrogens is 373 g/mol. The van der Waals surface area contributed by atoms with Crippen molar-refractivity contribution in [3.05, 3.63) is 46.3 Å². The second-order valence-corrected chi connectivity index (χ2v) is 6.61. The van der Waals surface area contributed by atoms with E-state index in [1.807, 2.05) is 4.57 Å². The summed E-state index contributed by atoms with van der Waals surface area (Å²) >= 11 is 1.12. The van der Waals surface area contributed by atoms with Gasteiger partial charge in [0, 0.05) is 30.6 Å². The smallest absolute Gasteiger partial charge is 0.325 e. The summed E-state index contributed by atoms with van der Waals surface area (Å²) in [6, 6.07) is 2.57. The summed E-state index contributed by atoms with van der Waals surface area (Å²) in [6.45, 7) is 0. The number of nitro groups is 1. The highest BCUT2D eigenvalue weighted by Gasteiger charge is 2.35. The molecule has 0 unspecified atom stereocenters. The van der Waals surface area contributed by atoms with Crippen molar-refractivity contribution in [1.82, 2.24) is 9.55 Å². The van der Waals surface area contributed by atoms with Gasteiger partial charge in [-0.2, -0.15) is 13.2 Å². The van der Waals surface area contributed by atoms with Gasteiger partial charge in [-0.3, -0.25) is 14.9 Å². The molecule has 1 fully saturated rings. The summed E-state index contributed by atoms with van der Waals surface area (Å²) in [6.07, 6.45) is 0.651. The van der Waals surface area contributed by atoms with Crippen LogP contribution in [0.5, 0.6) is 0 Å². The summed E-state index contributed by atoms with van der Waals surface area (Å²) in [5.41, 5.74) is -2.47. The molecule has 1 aromatic heterocycles. The third kappa shape index (κ3) is 4.15. The normalized spacial score (nSPS) is 14.3. The third-order valence-electron chi connectivity index (χ3n) is 3.70. The number of thioether (sulfide) groups is 1. The van der Waals surface area contributed by atoms with E-state index in [0.717, 1.165) is 36.7 Å². The minimum atomic E-state index is -4.83. The zero-order valence-electron chi connectivity index (χ0n) is 13.2. The summed E-state index contributed by atoms with van der Waals surface area (Å²) in [5, 5.41) is 13.5. The number of carbonyl (C=O) groups is 1. The van der Waals surface area contributed by atoms with Crippen LogP contribution in [0.3, 0.4) is 0 Å². The van der Waals surface area contributed by atoms with Crippen LogP contribution >= 0.6 is 11.8 Å². The standard InChI is InChI=1S/C15H13F3N4O3S/c16-15(17,18)11-7-10(22(24)25)3-4-12(11)20-13(23)8-26-14-19-5-6-21(14)9-1-2-9/h3-7,9H,1-2,8H2,(H,20,23). The number of alkyl halides is 3. The van der Waals surface area contributed by atoms with Crippen molar-refractivity contribution in [1.29, 1.82) is 0 Å². The summed E-state index contributed by atoms with van der Waals surface area (Å²) < 4.78 is 41.3. The molecule has 0 bridgehead atoms. The lowest BCUT2D eigenvalue weighted by atomic mass is 10.1. The number of anilines is 1. The predicted octanol–water partition coefficient (Wildman–Crippen LogP) is 3.88. The largest absolute Gasteiger partial charge is 0.418 e. The van der Waals surface area contributed by atoms with E-state index in [4.69, 9.17) is 0 Å². The molecule has 1 saturated carbocycles. The van der Waals surface area contributed by atoms with Gasteiger partial charge in [0.2, 0.25) is 5.91 Å². The van der Waals surface area contributed by atoms with Gasteiger partial charge in [0.05, 0.1) is 21.9 Å². The van der Waals surface area contributed by atoms with E-state index in [-0.39, 0.29) is 5.75 Å². The fraction of sp³-hybridized carbons (Fsp3) is 0.333. The summed E-state index contributed by atoms with van der Waals surface area (Å²) in [5.74, 6) is -0.780. The minimum absolute atomic E-state index is 0.127. The van der Waals surface area contributed by atoms with Crippen LogP contribution in [-0.4, -0.2) is 26.1 Å². The number of rotatable bonds is 6. The Kier molecular flexibility index (Phi) is 4.90. The lowest BCUT2D eigenvalue weighted by Crippen LogP contribution is -2.18. The first-order chi connectivity index (χ1) is 12.3. The second kappa shape index (κ2) is 6.98. The number of imidazole rings is 1. The first-order valence-electron chi connectivity index (χ1n) is 7.57. The van der Waals surface area contributed by atoms with E-state index < -0.39 is 33.9 Å². The number of nitrogens with zero attached hydrogens (tertiary/aromatic N) is 3. The SMILES string of the molecule is O=C(CSc1nccn1C1CC1)Nc1ccc([N+](=O)[O-])cc1C(F)(F)F. The van der Waals surface area contributed by atoms with Gasteiger partial charge < -0.3 is 9.88 Å². The van der Waals surface area contributed by atoms with Crippen molar-refractivity contribution in [2.45, 2.75) is 30.2 Å². The summed E-state index contributed by atoms with van der Waals surface area (Å²) in [4.78, 5) is 25.9. The number of halogens is 3. The fourth-order valence-corrected chi connectivity index (χ4v) is 3.17. The minimum Gasteiger partial charge on any atom is -0.325 e. The fourth-order valence-electron chi connectivity index (χ4n) is 2.35. The van der Waals surface area contributed by atoms with E-state index in [1.54, 1.807) is 12.4 Å². The molecule has 11 heteroatoms. The number of carbonyl (C=O) groups excluding carboxylic acids is 1. The molecule has 0 aliphatic heterocycles. The maximum Gasteiger partial charge on any atom is 0.418 e. The van der Waals surface area contributed by atoms with Gasteiger partial charge in [-0.25, -0.2) is 4.98 Å². The Morgan fingerprint density at radius 2 is 2.15 bits per heavy atom. The molecule has 1 aliphatic rings. The molecule has 138 valence electrons. The zero-order valence-corrected chi connectivity index (χ0v) is 14.0. The van der Waals surface area contributed by atoms with Crippen molar-refractivity contribution in [3.8, 4) is 0 Å². The molecule has 7 nitrogen and oxygen atoms in total. The highest BCUT2D eigenvalue weighted by molar-refractivity contribution is 7.99. The Hall–Kier alpha value is -2.56.